The molecule has 1 unspecified atom stereocenters. The number of hydrogen-bond acceptors (Lipinski definition) is 3. The zero-order chi connectivity index (χ0) is 12.7. The lowest BCUT2D eigenvalue weighted by Crippen LogP contribution is -2.42. The summed E-state index contributed by atoms with van der Waals surface area (Å²) >= 11 is 1.58. The highest BCUT2D eigenvalue weighted by atomic mass is 32.2. The first-order valence-corrected chi connectivity index (χ1v) is 7.59. The number of aliphatic hydroxyl groups is 1. The summed E-state index contributed by atoms with van der Waals surface area (Å²) in [7, 11) is 0. The third-order valence-electron chi connectivity index (χ3n) is 2.89. The van der Waals surface area contributed by atoms with Crippen LogP contribution in [0.15, 0.2) is 11.6 Å². The Bertz CT molecular complexity index is 287. The molecule has 1 rings (SSSR count). The van der Waals surface area contributed by atoms with Crippen molar-refractivity contribution in [3.05, 3.63) is 11.6 Å². The van der Waals surface area contributed by atoms with Gasteiger partial charge >= 0.3 is 0 Å². The third kappa shape index (κ3) is 6.13. The van der Waals surface area contributed by atoms with Gasteiger partial charge in [0.15, 0.2) is 0 Å². The van der Waals surface area contributed by atoms with Gasteiger partial charge in [-0.25, -0.2) is 0 Å². The first-order chi connectivity index (χ1) is 8.03. The van der Waals surface area contributed by atoms with E-state index in [4.69, 9.17) is 0 Å². The number of carbonyl (C=O) groups is 1. The number of carbonyl (C=O) groups excluding carboxylic acids is 1. The van der Waals surface area contributed by atoms with Gasteiger partial charge < -0.3 is 10.4 Å². The van der Waals surface area contributed by atoms with Gasteiger partial charge in [-0.3, -0.25) is 4.79 Å². The van der Waals surface area contributed by atoms with Gasteiger partial charge in [-0.2, -0.15) is 11.8 Å². The molecule has 4 heteroatoms. The van der Waals surface area contributed by atoms with E-state index >= 15 is 0 Å². The smallest absolute Gasteiger partial charge is 0.224 e. The Hall–Kier alpha value is -0.480. The van der Waals surface area contributed by atoms with Gasteiger partial charge in [0.2, 0.25) is 5.91 Å². The van der Waals surface area contributed by atoms with E-state index in [-0.39, 0.29) is 5.91 Å². The van der Waals surface area contributed by atoms with Crippen LogP contribution in [0.4, 0.5) is 0 Å². The van der Waals surface area contributed by atoms with Gasteiger partial charge in [0.05, 0.1) is 5.60 Å². The van der Waals surface area contributed by atoms with E-state index in [0.29, 0.717) is 18.7 Å². The van der Waals surface area contributed by atoms with E-state index in [0.717, 1.165) is 12.8 Å². The van der Waals surface area contributed by atoms with E-state index in [2.05, 4.69) is 11.4 Å². The summed E-state index contributed by atoms with van der Waals surface area (Å²) in [6.07, 6.45) is 9.22. The molecular weight excluding hydrogens is 234 g/mol. The number of allylic oxidation sites excluding steroid dienone is 1. The van der Waals surface area contributed by atoms with Crippen molar-refractivity contribution in [2.45, 2.75) is 44.6 Å². The van der Waals surface area contributed by atoms with Crippen molar-refractivity contribution in [2.75, 3.05) is 18.6 Å². The molecule has 1 aliphatic carbocycles. The van der Waals surface area contributed by atoms with Crippen molar-refractivity contribution in [3.63, 3.8) is 0 Å². The molecule has 3 nitrogen and oxygen atoms in total. The standard InChI is InChI=1S/C13H23NO2S/c1-13(16,10-17-2)9-14-12(15)8-11-6-4-3-5-7-11/h6,16H,3-5,7-10H2,1-2H3,(H,14,15). The molecule has 1 atom stereocenters. The summed E-state index contributed by atoms with van der Waals surface area (Å²) in [4.78, 5) is 11.7. The number of nitrogens with one attached hydrogen (secondary N) is 1. The van der Waals surface area contributed by atoms with Gasteiger partial charge in [-0.15, -0.1) is 0 Å². The molecule has 0 saturated heterocycles. The molecule has 98 valence electrons. The minimum Gasteiger partial charge on any atom is -0.387 e. The first-order valence-electron chi connectivity index (χ1n) is 6.19. The molecule has 0 aromatic rings. The van der Waals surface area contributed by atoms with Crippen molar-refractivity contribution in [1.82, 2.24) is 5.32 Å². The Morgan fingerprint density at radius 2 is 2.35 bits per heavy atom. The average Bonchev–Trinajstić information content (AvgIpc) is 2.28. The average molecular weight is 257 g/mol. The van der Waals surface area contributed by atoms with Crippen LogP contribution in [0.3, 0.4) is 0 Å². The van der Waals surface area contributed by atoms with E-state index in [1.165, 1.54) is 18.4 Å². The largest absolute Gasteiger partial charge is 0.387 e. The van der Waals surface area contributed by atoms with Crippen LogP contribution in [-0.4, -0.2) is 35.2 Å². The lowest BCUT2D eigenvalue weighted by molar-refractivity contribution is -0.121. The van der Waals surface area contributed by atoms with E-state index in [1.54, 1.807) is 18.7 Å². The zero-order valence-electron chi connectivity index (χ0n) is 10.8. The Kier molecular flexibility index (Phi) is 6.06. The van der Waals surface area contributed by atoms with E-state index in [1.807, 2.05) is 6.26 Å². The number of rotatable bonds is 6. The fourth-order valence-electron chi connectivity index (χ4n) is 1.98. The lowest BCUT2D eigenvalue weighted by Gasteiger charge is -2.22. The number of hydrogen-bond donors (Lipinski definition) is 2. The summed E-state index contributed by atoms with van der Waals surface area (Å²) in [5, 5.41) is 12.7. The Labute approximate surface area is 108 Å². The maximum Gasteiger partial charge on any atom is 0.224 e. The molecule has 0 heterocycles. The minimum absolute atomic E-state index is 0.0273. The summed E-state index contributed by atoms with van der Waals surface area (Å²) < 4.78 is 0. The van der Waals surface area contributed by atoms with Gasteiger partial charge in [-0.05, 0) is 38.9 Å². The third-order valence-corrected chi connectivity index (χ3v) is 3.80. The summed E-state index contributed by atoms with van der Waals surface area (Å²) in [5.41, 5.74) is 0.439. The van der Waals surface area contributed by atoms with Gasteiger partial charge in [-0.1, -0.05) is 11.6 Å². The zero-order valence-corrected chi connectivity index (χ0v) is 11.6. The second-order valence-electron chi connectivity index (χ2n) is 4.99. The monoisotopic (exact) mass is 257 g/mol. The normalized spacial score (nSPS) is 19.4. The summed E-state index contributed by atoms with van der Waals surface area (Å²) in [6.45, 7) is 2.09. The number of thioether (sulfide) groups is 1. The predicted octanol–water partition coefficient (Wildman–Crippen LogP) is 2.11. The van der Waals surface area contributed by atoms with Gasteiger partial charge in [0.1, 0.15) is 0 Å². The molecule has 1 aliphatic rings. The van der Waals surface area contributed by atoms with E-state index in [9.17, 15) is 9.90 Å². The van der Waals surface area contributed by atoms with Gasteiger partial charge in [0, 0.05) is 18.7 Å². The lowest BCUT2D eigenvalue weighted by atomic mass is 9.97. The summed E-state index contributed by atoms with van der Waals surface area (Å²) in [5.74, 6) is 0.662. The molecule has 0 aromatic heterocycles. The maximum atomic E-state index is 11.7. The van der Waals surface area contributed by atoms with Crippen LogP contribution >= 0.6 is 11.8 Å². The fraction of sp³-hybridized carbons (Fsp3) is 0.769. The first kappa shape index (κ1) is 14.6. The molecule has 0 spiro atoms. The topological polar surface area (TPSA) is 49.3 Å². The molecular formula is C13H23NO2S. The predicted molar refractivity (Wildman–Crippen MR) is 73.2 cm³/mol. The summed E-state index contributed by atoms with van der Waals surface area (Å²) in [6, 6.07) is 0. The van der Waals surface area contributed by atoms with Crippen LogP contribution in [0.1, 0.15) is 39.0 Å². The second kappa shape index (κ2) is 7.07. The highest BCUT2D eigenvalue weighted by Gasteiger charge is 2.20. The Morgan fingerprint density at radius 1 is 1.59 bits per heavy atom. The van der Waals surface area contributed by atoms with Crippen LogP contribution in [0.5, 0.6) is 0 Å². The molecule has 17 heavy (non-hydrogen) atoms. The molecule has 0 bridgehead atoms. The highest BCUT2D eigenvalue weighted by Crippen LogP contribution is 2.19. The minimum atomic E-state index is -0.810. The Balaban J connectivity index is 2.27. The molecule has 0 fully saturated rings. The van der Waals surface area contributed by atoms with Crippen molar-refractivity contribution >= 4 is 17.7 Å². The molecule has 0 aliphatic heterocycles. The van der Waals surface area contributed by atoms with Gasteiger partial charge in [0.25, 0.3) is 0 Å². The van der Waals surface area contributed by atoms with Crippen molar-refractivity contribution in [3.8, 4) is 0 Å². The van der Waals surface area contributed by atoms with Crippen LogP contribution in [0.25, 0.3) is 0 Å². The quantitative estimate of drug-likeness (QED) is 0.717. The number of amides is 1. The highest BCUT2D eigenvalue weighted by molar-refractivity contribution is 7.98. The van der Waals surface area contributed by atoms with Crippen molar-refractivity contribution in [2.24, 2.45) is 0 Å². The Morgan fingerprint density at radius 3 is 2.94 bits per heavy atom. The van der Waals surface area contributed by atoms with Crippen LogP contribution in [0, 0.1) is 0 Å². The fourth-order valence-corrected chi connectivity index (χ4v) is 2.71. The molecule has 0 radical (unpaired) electrons. The van der Waals surface area contributed by atoms with Crippen molar-refractivity contribution in [1.29, 1.82) is 0 Å². The molecule has 2 N–H and O–H groups in total. The second-order valence-corrected chi connectivity index (χ2v) is 5.86. The van der Waals surface area contributed by atoms with Crippen LogP contribution in [-0.2, 0) is 4.79 Å². The van der Waals surface area contributed by atoms with E-state index < -0.39 is 5.60 Å². The molecule has 0 saturated carbocycles. The van der Waals surface area contributed by atoms with Crippen molar-refractivity contribution < 1.29 is 9.90 Å². The van der Waals surface area contributed by atoms with Crippen LogP contribution < -0.4 is 5.32 Å². The molecule has 0 aromatic carbocycles. The van der Waals surface area contributed by atoms with Crippen LogP contribution in [0.2, 0.25) is 0 Å². The maximum absolute atomic E-state index is 11.7. The molecule has 1 amide bonds. The SMILES string of the molecule is CSCC(C)(O)CNC(=O)CC1=CCCCC1.